The van der Waals surface area contributed by atoms with Gasteiger partial charge in [0.05, 0.1) is 22.3 Å². The molecule has 2 N–H and O–H groups in total. The average Bonchev–Trinajstić information content (AvgIpc) is 3.40. The average molecular weight is 446 g/mol. The van der Waals surface area contributed by atoms with Crippen LogP contribution in [0, 0.1) is 0 Å². The molecule has 1 unspecified atom stereocenters. The number of H-pyrrole nitrogens is 2. The Labute approximate surface area is 180 Å². The monoisotopic (exact) mass is 445 g/mol. The zero-order chi connectivity index (χ0) is 22.3. The number of fused-ring (bicyclic) bond motifs is 3. The summed E-state index contributed by atoms with van der Waals surface area (Å²) in [6, 6.07) is 4.93. The van der Waals surface area contributed by atoms with Crippen molar-refractivity contribution in [2.24, 2.45) is 0 Å². The molecule has 0 saturated heterocycles. The number of aromatic nitrogens is 2. The number of carbonyl (C=O) groups is 1. The van der Waals surface area contributed by atoms with Crippen LogP contribution in [-0.2, 0) is 14.6 Å². The molecule has 2 aromatic heterocycles. The molecular formula is C22H27N3O5S. The molecule has 9 heteroatoms. The topological polar surface area (TPSA) is 112 Å². The van der Waals surface area contributed by atoms with Gasteiger partial charge in [0, 0.05) is 28.5 Å². The molecule has 0 bridgehead atoms. The summed E-state index contributed by atoms with van der Waals surface area (Å²) in [5, 5.41) is 0.438. The molecule has 8 nitrogen and oxygen atoms in total. The lowest BCUT2D eigenvalue weighted by Crippen LogP contribution is -2.27. The van der Waals surface area contributed by atoms with Crippen LogP contribution in [0.1, 0.15) is 43.0 Å². The van der Waals surface area contributed by atoms with Gasteiger partial charge in [-0.2, -0.15) is 0 Å². The molecule has 2 heterocycles. The summed E-state index contributed by atoms with van der Waals surface area (Å²) < 4.78 is 32.0. The number of nitrogens with zero attached hydrogens (tertiary/aromatic N) is 1. The highest BCUT2D eigenvalue weighted by Gasteiger charge is 2.36. The molecule has 0 radical (unpaired) electrons. The lowest BCUT2D eigenvalue weighted by molar-refractivity contribution is 0.0507. The van der Waals surface area contributed by atoms with E-state index in [0.717, 1.165) is 6.42 Å². The summed E-state index contributed by atoms with van der Waals surface area (Å²) in [6.07, 6.45) is 4.16. The molecule has 1 aliphatic rings. The van der Waals surface area contributed by atoms with Crippen molar-refractivity contribution in [1.82, 2.24) is 14.9 Å². The van der Waals surface area contributed by atoms with Gasteiger partial charge in [-0.1, -0.05) is 6.92 Å². The third-order valence-corrected chi connectivity index (χ3v) is 8.34. The first-order valence-corrected chi connectivity index (χ1v) is 12.0. The highest BCUT2D eigenvalue weighted by atomic mass is 32.2. The smallest absolute Gasteiger partial charge is 0.340 e. The second-order valence-electron chi connectivity index (χ2n) is 8.35. The van der Waals surface area contributed by atoms with E-state index in [1.807, 2.05) is 21.0 Å². The van der Waals surface area contributed by atoms with Gasteiger partial charge in [-0.15, -0.1) is 0 Å². The lowest BCUT2D eigenvalue weighted by Gasteiger charge is -2.19. The molecular weight excluding hydrogens is 418 g/mol. The summed E-state index contributed by atoms with van der Waals surface area (Å²) >= 11 is 0. The molecule has 0 spiro atoms. The van der Waals surface area contributed by atoms with Gasteiger partial charge in [0.15, 0.2) is 9.84 Å². The van der Waals surface area contributed by atoms with Crippen molar-refractivity contribution in [2.45, 2.75) is 48.8 Å². The van der Waals surface area contributed by atoms with E-state index in [4.69, 9.17) is 4.74 Å². The van der Waals surface area contributed by atoms with Gasteiger partial charge >= 0.3 is 5.97 Å². The minimum Gasteiger partial charge on any atom is -0.462 e. The standard InChI is InChI=1S/C22H27N3O5S/c1-4-9-30-22(27)17-12-23-20-19(17)16-11-15(7-8-18(16)24-21(20)26)31(28,29)14-6-5-13(10-14)25(2)3/h7-8,11-14,23H,4-6,9-10H2,1-3H3,(H,24,26)/t13-,14?/m0/s1. The number of benzene rings is 1. The maximum Gasteiger partial charge on any atom is 0.340 e. The van der Waals surface area contributed by atoms with Gasteiger partial charge < -0.3 is 19.6 Å². The number of sulfone groups is 1. The van der Waals surface area contributed by atoms with E-state index in [-0.39, 0.29) is 34.2 Å². The van der Waals surface area contributed by atoms with Gasteiger partial charge in [0.2, 0.25) is 0 Å². The van der Waals surface area contributed by atoms with Crippen molar-refractivity contribution in [3.8, 4) is 0 Å². The molecule has 1 saturated carbocycles. The fraction of sp³-hybridized carbons (Fsp3) is 0.455. The summed E-state index contributed by atoms with van der Waals surface area (Å²) in [6.45, 7) is 2.16. The first kappa shape index (κ1) is 21.6. The normalized spacial score (nSPS) is 19.5. The number of esters is 1. The number of aromatic amines is 2. The Kier molecular flexibility index (Phi) is 5.65. The Balaban J connectivity index is 1.84. The van der Waals surface area contributed by atoms with E-state index in [1.54, 1.807) is 12.1 Å². The maximum atomic E-state index is 13.4. The van der Waals surface area contributed by atoms with Crippen LogP contribution >= 0.6 is 0 Å². The molecule has 2 atom stereocenters. The molecule has 166 valence electrons. The minimum atomic E-state index is -3.55. The molecule has 0 aliphatic heterocycles. The van der Waals surface area contributed by atoms with E-state index >= 15 is 0 Å². The van der Waals surface area contributed by atoms with Gasteiger partial charge in [-0.3, -0.25) is 4.79 Å². The van der Waals surface area contributed by atoms with E-state index in [1.165, 1.54) is 12.3 Å². The first-order valence-electron chi connectivity index (χ1n) is 10.5. The maximum absolute atomic E-state index is 13.4. The second-order valence-corrected chi connectivity index (χ2v) is 10.6. The van der Waals surface area contributed by atoms with Crippen molar-refractivity contribution < 1.29 is 17.9 Å². The Bertz CT molecular complexity index is 1310. The summed E-state index contributed by atoms with van der Waals surface area (Å²) in [7, 11) is 0.381. The molecule has 1 aliphatic carbocycles. The molecule has 1 aromatic carbocycles. The van der Waals surface area contributed by atoms with Crippen LogP contribution in [0.15, 0.2) is 34.1 Å². The van der Waals surface area contributed by atoms with Crippen LogP contribution in [-0.4, -0.2) is 61.2 Å². The van der Waals surface area contributed by atoms with E-state index in [9.17, 15) is 18.0 Å². The van der Waals surface area contributed by atoms with Crippen molar-refractivity contribution in [2.75, 3.05) is 20.7 Å². The van der Waals surface area contributed by atoms with Crippen molar-refractivity contribution in [1.29, 1.82) is 0 Å². The Hall–Kier alpha value is -2.65. The molecule has 1 fully saturated rings. The Morgan fingerprint density at radius 1 is 1.26 bits per heavy atom. The predicted octanol–water partition coefficient (Wildman–Crippen LogP) is 2.83. The minimum absolute atomic E-state index is 0.201. The van der Waals surface area contributed by atoms with E-state index in [0.29, 0.717) is 35.6 Å². The van der Waals surface area contributed by atoms with Crippen LogP contribution in [0.25, 0.3) is 21.8 Å². The Morgan fingerprint density at radius 3 is 2.71 bits per heavy atom. The van der Waals surface area contributed by atoms with Crippen LogP contribution < -0.4 is 5.56 Å². The summed E-state index contributed by atoms with van der Waals surface area (Å²) in [5.41, 5.74) is 0.539. The van der Waals surface area contributed by atoms with E-state index in [2.05, 4.69) is 14.9 Å². The van der Waals surface area contributed by atoms with E-state index < -0.39 is 21.1 Å². The fourth-order valence-electron chi connectivity index (χ4n) is 4.38. The van der Waals surface area contributed by atoms with Gasteiger partial charge in [0.25, 0.3) is 5.56 Å². The van der Waals surface area contributed by atoms with Crippen LogP contribution in [0.3, 0.4) is 0 Å². The van der Waals surface area contributed by atoms with Crippen molar-refractivity contribution >= 4 is 37.6 Å². The van der Waals surface area contributed by atoms with Crippen LogP contribution in [0.2, 0.25) is 0 Å². The quantitative estimate of drug-likeness (QED) is 0.564. The van der Waals surface area contributed by atoms with Gasteiger partial charge in [0.1, 0.15) is 5.52 Å². The second kappa shape index (κ2) is 8.12. The summed E-state index contributed by atoms with van der Waals surface area (Å²) in [4.78, 5) is 32.9. The molecule has 4 rings (SSSR count). The number of rotatable bonds is 6. The number of ether oxygens (including phenoxy) is 1. The highest BCUT2D eigenvalue weighted by Crippen LogP contribution is 2.34. The third kappa shape index (κ3) is 3.76. The van der Waals surface area contributed by atoms with Crippen LogP contribution in [0.4, 0.5) is 0 Å². The zero-order valence-corrected chi connectivity index (χ0v) is 18.7. The number of hydrogen-bond acceptors (Lipinski definition) is 6. The third-order valence-electron chi connectivity index (χ3n) is 6.13. The number of hydrogen-bond donors (Lipinski definition) is 2. The largest absolute Gasteiger partial charge is 0.462 e. The SMILES string of the molecule is CCCOC(=O)c1c[nH]c2c(=O)[nH]c3ccc(S(=O)(=O)C4CC[C@H](N(C)C)C4)cc3c12. The van der Waals surface area contributed by atoms with Crippen molar-refractivity contribution in [3.05, 3.63) is 40.3 Å². The Morgan fingerprint density at radius 2 is 2.03 bits per heavy atom. The zero-order valence-electron chi connectivity index (χ0n) is 17.9. The fourth-order valence-corrected chi connectivity index (χ4v) is 6.22. The van der Waals surface area contributed by atoms with Gasteiger partial charge in [-0.25, -0.2) is 13.2 Å². The lowest BCUT2D eigenvalue weighted by atomic mass is 10.1. The molecule has 31 heavy (non-hydrogen) atoms. The molecule has 0 amide bonds. The number of nitrogens with one attached hydrogen (secondary N) is 2. The predicted molar refractivity (Wildman–Crippen MR) is 119 cm³/mol. The number of carbonyl (C=O) groups excluding carboxylic acids is 1. The number of pyridine rings is 1. The van der Waals surface area contributed by atoms with Gasteiger partial charge in [-0.05, 0) is 58.0 Å². The van der Waals surface area contributed by atoms with Crippen molar-refractivity contribution in [3.63, 3.8) is 0 Å². The highest BCUT2D eigenvalue weighted by molar-refractivity contribution is 7.92. The first-order chi connectivity index (χ1) is 14.7. The summed E-state index contributed by atoms with van der Waals surface area (Å²) in [5.74, 6) is -0.544. The van der Waals surface area contributed by atoms with Crippen LogP contribution in [0.5, 0.6) is 0 Å². The molecule has 3 aromatic rings.